The van der Waals surface area contributed by atoms with Gasteiger partial charge in [0.05, 0.1) is 19.5 Å². The topological polar surface area (TPSA) is 80.3 Å². The van der Waals surface area contributed by atoms with Crippen molar-refractivity contribution in [2.45, 2.75) is 23.6 Å². The van der Waals surface area contributed by atoms with Crippen LogP contribution in [0.25, 0.3) is 0 Å². The van der Waals surface area contributed by atoms with Crippen LogP contribution in [0.4, 0.5) is 5.69 Å². The number of benzene rings is 2. The molecule has 0 spiro atoms. The molecule has 1 N–H and O–H groups in total. The number of anilines is 1. The maximum Gasteiger partial charge on any atom is 0.265 e. The molecule has 8 heteroatoms. The number of amides is 1. The van der Waals surface area contributed by atoms with Gasteiger partial charge in [-0.05, 0) is 73.1 Å². The second kappa shape index (κ2) is 10.5. The molecule has 164 valence electrons. The van der Waals surface area contributed by atoms with Gasteiger partial charge in [0.2, 0.25) is 9.84 Å². The first kappa shape index (κ1) is 23.6. The van der Waals surface area contributed by atoms with E-state index in [9.17, 15) is 18.0 Å². The number of ketones is 1. The van der Waals surface area contributed by atoms with Gasteiger partial charge in [0.1, 0.15) is 0 Å². The van der Waals surface area contributed by atoms with E-state index in [0.717, 1.165) is 10.4 Å². The Morgan fingerprint density at radius 1 is 0.750 bits per heavy atom. The summed E-state index contributed by atoms with van der Waals surface area (Å²) in [6.45, 7) is 3.48. The fraction of sp³-hybridized carbons (Fsp3) is 0.0833. The highest BCUT2D eigenvalue weighted by Crippen LogP contribution is 2.23. The summed E-state index contributed by atoms with van der Waals surface area (Å²) < 4.78 is 25.2. The third kappa shape index (κ3) is 6.00. The fourth-order valence-electron chi connectivity index (χ4n) is 2.65. The van der Waals surface area contributed by atoms with E-state index in [1.165, 1.54) is 34.8 Å². The molecule has 5 nitrogen and oxygen atoms in total. The molecule has 2 aromatic carbocycles. The van der Waals surface area contributed by atoms with Gasteiger partial charge in [0, 0.05) is 5.69 Å². The molecule has 2 heterocycles. The molecule has 0 bridgehead atoms. The summed E-state index contributed by atoms with van der Waals surface area (Å²) in [4.78, 5) is 24.4. The van der Waals surface area contributed by atoms with Gasteiger partial charge in [-0.25, -0.2) is 8.42 Å². The fourth-order valence-corrected chi connectivity index (χ4v) is 5.16. The lowest BCUT2D eigenvalue weighted by Crippen LogP contribution is -2.10. The largest absolute Gasteiger partial charge is 0.321 e. The van der Waals surface area contributed by atoms with Crippen LogP contribution in [0.1, 0.15) is 31.8 Å². The van der Waals surface area contributed by atoms with Crippen LogP contribution < -0.4 is 5.32 Å². The predicted octanol–water partition coefficient (Wildman–Crippen LogP) is 6.09. The van der Waals surface area contributed by atoms with E-state index in [1.54, 1.807) is 55.5 Å². The van der Waals surface area contributed by atoms with Crippen molar-refractivity contribution < 1.29 is 18.0 Å². The van der Waals surface area contributed by atoms with Crippen LogP contribution in [0.3, 0.4) is 0 Å². The van der Waals surface area contributed by atoms with Crippen molar-refractivity contribution in [1.29, 1.82) is 0 Å². The summed E-state index contributed by atoms with van der Waals surface area (Å²) >= 11 is 2.83. The molecule has 0 saturated heterocycles. The Hall–Kier alpha value is -3.07. The maximum absolute atomic E-state index is 12.6. The van der Waals surface area contributed by atoms with Crippen molar-refractivity contribution in [2.24, 2.45) is 0 Å². The highest BCUT2D eigenvalue weighted by atomic mass is 32.2. The van der Waals surface area contributed by atoms with Gasteiger partial charge < -0.3 is 5.32 Å². The quantitative estimate of drug-likeness (QED) is 0.348. The van der Waals surface area contributed by atoms with E-state index in [2.05, 4.69) is 5.32 Å². The van der Waals surface area contributed by atoms with Crippen LogP contribution in [0.15, 0.2) is 93.3 Å². The molecule has 1 amide bonds. The van der Waals surface area contributed by atoms with Gasteiger partial charge in [0.15, 0.2) is 5.78 Å². The van der Waals surface area contributed by atoms with Gasteiger partial charge in [-0.1, -0.05) is 29.8 Å². The van der Waals surface area contributed by atoms with E-state index < -0.39 is 9.84 Å². The zero-order valence-electron chi connectivity index (χ0n) is 17.4. The smallest absolute Gasteiger partial charge is 0.265 e. The standard InChI is InChI=1S/C18H15NO3S2.C6H6OS/c1-13-4-8-15(9-5-13)24(21,22)16-10-6-14(7-11-16)19-18(20)17-3-2-12-23-17;1-5(7)6-3-2-4-8-6/h2-12H,1H3,(H,19,20);2-4H,1H3. The van der Waals surface area contributed by atoms with Gasteiger partial charge in [-0.15, -0.1) is 22.7 Å². The number of aryl methyl sites for hydroxylation is 1. The summed E-state index contributed by atoms with van der Waals surface area (Å²) in [5.41, 5.74) is 1.55. The van der Waals surface area contributed by atoms with Crippen LogP contribution in [-0.2, 0) is 9.84 Å². The van der Waals surface area contributed by atoms with Crippen molar-refractivity contribution in [1.82, 2.24) is 0 Å². The lowest BCUT2D eigenvalue weighted by atomic mass is 10.2. The molecular weight excluding hydrogens is 462 g/mol. The normalized spacial score (nSPS) is 10.7. The van der Waals surface area contributed by atoms with Crippen molar-refractivity contribution in [3.63, 3.8) is 0 Å². The van der Waals surface area contributed by atoms with Gasteiger partial charge in [-0.2, -0.15) is 0 Å². The Kier molecular flexibility index (Phi) is 7.74. The monoisotopic (exact) mass is 483 g/mol. The van der Waals surface area contributed by atoms with Gasteiger partial charge >= 0.3 is 0 Å². The number of hydrogen-bond donors (Lipinski definition) is 1. The van der Waals surface area contributed by atoms with Crippen LogP contribution in [-0.4, -0.2) is 20.1 Å². The lowest BCUT2D eigenvalue weighted by Gasteiger charge is -2.07. The minimum atomic E-state index is -3.55. The second-order valence-corrected chi connectivity index (χ2v) is 10.7. The van der Waals surface area contributed by atoms with E-state index in [-0.39, 0.29) is 21.5 Å². The summed E-state index contributed by atoms with van der Waals surface area (Å²) in [7, 11) is -3.55. The first-order valence-corrected chi connectivity index (χ1v) is 12.8. The van der Waals surface area contributed by atoms with Crippen molar-refractivity contribution >= 4 is 49.9 Å². The molecule has 0 aliphatic heterocycles. The zero-order chi connectivity index (χ0) is 23.1. The first-order valence-electron chi connectivity index (χ1n) is 9.58. The highest BCUT2D eigenvalue weighted by Gasteiger charge is 2.17. The SMILES string of the molecule is CC(=O)c1cccs1.Cc1ccc(S(=O)(=O)c2ccc(NC(=O)c3cccs3)cc2)cc1. The van der Waals surface area contributed by atoms with E-state index >= 15 is 0 Å². The number of nitrogens with one attached hydrogen (secondary N) is 1. The minimum absolute atomic E-state index is 0.153. The van der Waals surface area contributed by atoms with Crippen LogP contribution in [0.5, 0.6) is 0 Å². The zero-order valence-corrected chi connectivity index (χ0v) is 19.9. The highest BCUT2D eigenvalue weighted by molar-refractivity contribution is 7.91. The molecule has 0 aliphatic carbocycles. The Bertz CT molecular complexity index is 1270. The Morgan fingerprint density at radius 3 is 1.69 bits per heavy atom. The summed E-state index contributed by atoms with van der Waals surface area (Å²) in [6, 6.07) is 20.1. The number of carbonyl (C=O) groups excluding carboxylic acids is 2. The molecule has 0 atom stereocenters. The van der Waals surface area contributed by atoms with Gasteiger partial charge in [-0.3, -0.25) is 9.59 Å². The molecule has 4 rings (SSSR count). The molecular formula is C24H21NO4S3. The summed E-state index contributed by atoms with van der Waals surface area (Å²) in [5.74, 6) is -0.0564. The average Bonchev–Trinajstić information content (AvgIpc) is 3.49. The van der Waals surface area contributed by atoms with Crippen molar-refractivity contribution in [3.05, 3.63) is 98.9 Å². The lowest BCUT2D eigenvalue weighted by molar-refractivity contribution is 0.101. The molecule has 0 fully saturated rings. The maximum atomic E-state index is 12.6. The van der Waals surface area contributed by atoms with E-state index in [4.69, 9.17) is 0 Å². The molecule has 0 saturated carbocycles. The van der Waals surface area contributed by atoms with Crippen LogP contribution >= 0.6 is 22.7 Å². The Morgan fingerprint density at radius 2 is 1.25 bits per heavy atom. The molecule has 4 aromatic rings. The molecule has 0 unspecified atom stereocenters. The minimum Gasteiger partial charge on any atom is -0.321 e. The Balaban J connectivity index is 0.000000305. The molecule has 32 heavy (non-hydrogen) atoms. The Labute approximate surface area is 195 Å². The van der Waals surface area contributed by atoms with E-state index in [1.807, 2.05) is 29.8 Å². The summed E-state index contributed by atoms with van der Waals surface area (Å²) in [5, 5.41) is 6.47. The van der Waals surface area contributed by atoms with Crippen LogP contribution in [0, 0.1) is 6.92 Å². The molecule has 2 aromatic heterocycles. The molecule has 0 radical (unpaired) electrons. The molecule has 0 aliphatic rings. The van der Waals surface area contributed by atoms with E-state index in [0.29, 0.717) is 10.6 Å². The average molecular weight is 484 g/mol. The number of carbonyl (C=O) groups is 2. The number of rotatable bonds is 5. The number of Topliss-reactive ketones (excluding diaryl/α,β-unsaturated/α-hetero) is 1. The first-order chi connectivity index (χ1) is 15.3. The predicted molar refractivity (Wildman–Crippen MR) is 130 cm³/mol. The number of sulfone groups is 1. The number of hydrogen-bond acceptors (Lipinski definition) is 6. The summed E-state index contributed by atoms with van der Waals surface area (Å²) in [6.07, 6.45) is 0. The van der Waals surface area contributed by atoms with Crippen molar-refractivity contribution in [3.8, 4) is 0 Å². The number of thiophene rings is 2. The third-order valence-electron chi connectivity index (χ3n) is 4.37. The van der Waals surface area contributed by atoms with Gasteiger partial charge in [0.25, 0.3) is 5.91 Å². The van der Waals surface area contributed by atoms with Crippen molar-refractivity contribution in [2.75, 3.05) is 5.32 Å². The second-order valence-electron chi connectivity index (χ2n) is 6.81. The van der Waals surface area contributed by atoms with Crippen LogP contribution in [0.2, 0.25) is 0 Å². The third-order valence-corrected chi connectivity index (χ3v) is 7.99.